The van der Waals surface area contributed by atoms with Crippen molar-refractivity contribution in [1.29, 1.82) is 5.26 Å². The topological polar surface area (TPSA) is 60.0 Å². The van der Waals surface area contributed by atoms with Crippen LogP contribution < -0.4 is 29.8 Å². The standard InChI is InChI=1S/C45H32N6OSi/c1-47-32-22-26-34(27-23-32)49(33-24-20-31(30-46)21-25-33)35-28-44(50-36-12-4-8-16-40(36)52-41-17-9-5-13-37(41)50)48-45(29-35)51-38-14-6-10-18-42(38)53(2,3)43-19-11-7-15-39(43)51/h4-29H,2-3H3. The lowest BCUT2D eigenvalue weighted by Crippen LogP contribution is -2.58. The molecule has 53 heavy (non-hydrogen) atoms. The number of anilines is 9. The molecule has 0 radical (unpaired) electrons. The van der Waals surface area contributed by atoms with Gasteiger partial charge in [0.05, 0.1) is 35.3 Å². The molecule has 0 bridgehead atoms. The van der Waals surface area contributed by atoms with E-state index in [0.717, 1.165) is 57.1 Å². The third-order valence-electron chi connectivity index (χ3n) is 10.1. The van der Waals surface area contributed by atoms with Crippen molar-refractivity contribution in [2.45, 2.75) is 13.1 Å². The van der Waals surface area contributed by atoms with Crippen LogP contribution in [0.1, 0.15) is 5.56 Å². The maximum Gasteiger partial charge on any atom is 0.187 e. The zero-order chi connectivity index (χ0) is 36.1. The van der Waals surface area contributed by atoms with Crippen molar-refractivity contribution in [2.75, 3.05) is 14.7 Å². The number of para-hydroxylation sites is 6. The summed E-state index contributed by atoms with van der Waals surface area (Å²) in [6.07, 6.45) is 0. The van der Waals surface area contributed by atoms with Gasteiger partial charge in [-0.25, -0.2) is 9.83 Å². The van der Waals surface area contributed by atoms with Crippen molar-refractivity contribution in [3.8, 4) is 17.6 Å². The largest absolute Gasteiger partial charge is 0.453 e. The Balaban J connectivity index is 1.35. The van der Waals surface area contributed by atoms with Gasteiger partial charge in [-0.3, -0.25) is 9.80 Å². The molecule has 0 fully saturated rings. The fourth-order valence-electron chi connectivity index (χ4n) is 7.52. The van der Waals surface area contributed by atoms with Crippen LogP contribution >= 0.6 is 0 Å². The van der Waals surface area contributed by atoms with Crippen molar-refractivity contribution in [1.82, 2.24) is 4.98 Å². The molecule has 0 atom stereocenters. The molecule has 9 rings (SSSR count). The highest BCUT2D eigenvalue weighted by molar-refractivity contribution is 7.02. The van der Waals surface area contributed by atoms with Crippen molar-refractivity contribution >= 4 is 75.6 Å². The number of nitrogens with zero attached hydrogens (tertiary/aromatic N) is 6. The van der Waals surface area contributed by atoms with Crippen molar-refractivity contribution in [3.05, 3.63) is 175 Å². The van der Waals surface area contributed by atoms with Gasteiger partial charge in [0.1, 0.15) is 19.7 Å². The second-order valence-corrected chi connectivity index (χ2v) is 17.9. The first kappa shape index (κ1) is 31.8. The summed E-state index contributed by atoms with van der Waals surface area (Å²) in [7, 11) is -2.06. The molecule has 6 aromatic carbocycles. The number of rotatable bonds is 5. The minimum absolute atomic E-state index is 0.555. The summed E-state index contributed by atoms with van der Waals surface area (Å²) in [5.41, 5.74) is 7.69. The van der Waals surface area contributed by atoms with E-state index in [4.69, 9.17) is 16.3 Å². The van der Waals surface area contributed by atoms with Gasteiger partial charge in [0, 0.05) is 34.9 Å². The van der Waals surface area contributed by atoms with Gasteiger partial charge < -0.3 is 9.64 Å². The summed E-state index contributed by atoms with van der Waals surface area (Å²) < 4.78 is 6.42. The molecule has 3 heterocycles. The first-order chi connectivity index (χ1) is 25.9. The van der Waals surface area contributed by atoms with Crippen molar-refractivity contribution < 1.29 is 4.74 Å². The summed E-state index contributed by atoms with van der Waals surface area (Å²) in [6, 6.07) is 55.1. The van der Waals surface area contributed by atoms with Crippen LogP contribution in [0.2, 0.25) is 13.1 Å². The molecule has 7 nitrogen and oxygen atoms in total. The normalized spacial score (nSPS) is 13.3. The molecule has 0 amide bonds. The Labute approximate surface area is 309 Å². The Hall–Kier alpha value is -7.13. The van der Waals surface area contributed by atoms with E-state index in [1.807, 2.05) is 84.9 Å². The van der Waals surface area contributed by atoms with Crippen LogP contribution in [0.15, 0.2) is 158 Å². The molecule has 2 aliphatic rings. The summed E-state index contributed by atoms with van der Waals surface area (Å²) in [4.78, 5) is 15.8. The molecule has 0 saturated carbocycles. The third-order valence-corrected chi connectivity index (χ3v) is 13.6. The van der Waals surface area contributed by atoms with Crippen LogP contribution in [-0.2, 0) is 0 Å². The quantitative estimate of drug-likeness (QED) is 0.132. The van der Waals surface area contributed by atoms with Crippen LogP contribution in [0, 0.1) is 17.9 Å². The van der Waals surface area contributed by atoms with Gasteiger partial charge in [0.2, 0.25) is 0 Å². The molecular formula is C45H32N6OSi. The van der Waals surface area contributed by atoms with E-state index in [0.29, 0.717) is 17.1 Å². The molecule has 8 heteroatoms. The lowest BCUT2D eigenvalue weighted by atomic mass is 10.1. The van der Waals surface area contributed by atoms with Crippen LogP contribution in [0.4, 0.5) is 57.1 Å². The third kappa shape index (κ3) is 5.29. The molecule has 2 aliphatic heterocycles. The van der Waals surface area contributed by atoms with Crippen LogP contribution in [0.25, 0.3) is 4.85 Å². The average Bonchev–Trinajstić information content (AvgIpc) is 3.20. The van der Waals surface area contributed by atoms with E-state index in [-0.39, 0.29) is 0 Å². The highest BCUT2D eigenvalue weighted by Gasteiger charge is 2.39. The first-order valence-corrected chi connectivity index (χ1v) is 20.4. The Bertz CT molecular complexity index is 2470. The van der Waals surface area contributed by atoms with Gasteiger partial charge in [0.25, 0.3) is 0 Å². The summed E-state index contributed by atoms with van der Waals surface area (Å²) in [5, 5.41) is 12.3. The molecule has 0 aliphatic carbocycles. The Morgan fingerprint density at radius 2 is 1.06 bits per heavy atom. The van der Waals surface area contributed by atoms with Crippen molar-refractivity contribution in [3.63, 3.8) is 0 Å². The van der Waals surface area contributed by atoms with Crippen LogP contribution in [0.3, 0.4) is 0 Å². The van der Waals surface area contributed by atoms with Crippen LogP contribution in [0.5, 0.6) is 11.5 Å². The highest BCUT2D eigenvalue weighted by atomic mass is 28.3. The number of hydrogen-bond donors (Lipinski definition) is 0. The summed E-state index contributed by atoms with van der Waals surface area (Å²) >= 11 is 0. The van der Waals surface area contributed by atoms with E-state index in [1.54, 1.807) is 0 Å². The fourth-order valence-corrected chi connectivity index (χ4v) is 10.5. The molecule has 252 valence electrons. The number of hydrogen-bond acceptors (Lipinski definition) is 6. The minimum Gasteiger partial charge on any atom is -0.453 e. The van der Waals surface area contributed by atoms with E-state index >= 15 is 0 Å². The number of ether oxygens (including phenoxy) is 1. The number of nitriles is 1. The van der Waals surface area contributed by atoms with E-state index in [2.05, 4.69) is 112 Å². The zero-order valence-corrected chi connectivity index (χ0v) is 30.1. The molecule has 0 saturated heterocycles. The number of aromatic nitrogens is 1. The van der Waals surface area contributed by atoms with E-state index in [9.17, 15) is 5.26 Å². The molecular weight excluding hydrogens is 669 g/mol. The number of pyridine rings is 1. The maximum absolute atomic E-state index is 9.66. The van der Waals surface area contributed by atoms with Gasteiger partial charge in [-0.1, -0.05) is 85.9 Å². The van der Waals surface area contributed by atoms with Gasteiger partial charge in [-0.05, 0) is 83.2 Å². The molecule has 0 unspecified atom stereocenters. The van der Waals surface area contributed by atoms with Gasteiger partial charge >= 0.3 is 0 Å². The predicted molar refractivity (Wildman–Crippen MR) is 216 cm³/mol. The van der Waals surface area contributed by atoms with Crippen LogP contribution in [-0.4, -0.2) is 13.1 Å². The Morgan fingerprint density at radius 1 is 0.604 bits per heavy atom. The van der Waals surface area contributed by atoms with Gasteiger partial charge in [0.15, 0.2) is 17.2 Å². The minimum atomic E-state index is -2.06. The molecule has 0 N–H and O–H groups in total. The lowest BCUT2D eigenvalue weighted by Gasteiger charge is -2.41. The molecule has 0 spiro atoms. The monoisotopic (exact) mass is 700 g/mol. The predicted octanol–water partition coefficient (Wildman–Crippen LogP) is 11.2. The number of benzene rings is 6. The lowest BCUT2D eigenvalue weighted by molar-refractivity contribution is 0.476. The average molecular weight is 701 g/mol. The highest BCUT2D eigenvalue weighted by Crippen LogP contribution is 2.52. The van der Waals surface area contributed by atoms with Crippen molar-refractivity contribution in [2.24, 2.45) is 0 Å². The van der Waals surface area contributed by atoms with Gasteiger partial charge in [-0.15, -0.1) is 0 Å². The molecule has 7 aromatic rings. The SMILES string of the molecule is [C-]#[N+]c1ccc(N(c2ccc(C#N)cc2)c2cc(N3c4ccccc4Oc4ccccc43)nc(N3c4ccccc4[Si](C)(C)c4ccccc43)c2)cc1. The molecule has 1 aromatic heterocycles. The first-order valence-electron chi connectivity index (χ1n) is 17.4. The Morgan fingerprint density at radius 3 is 1.57 bits per heavy atom. The van der Waals surface area contributed by atoms with E-state index < -0.39 is 8.07 Å². The summed E-state index contributed by atoms with van der Waals surface area (Å²) in [5.74, 6) is 2.93. The second kappa shape index (κ2) is 12.6. The smallest absolute Gasteiger partial charge is 0.187 e. The zero-order valence-electron chi connectivity index (χ0n) is 29.1. The second-order valence-electron chi connectivity index (χ2n) is 13.5. The Kier molecular flexibility index (Phi) is 7.55. The fraction of sp³-hybridized carbons (Fsp3) is 0.0444. The number of fused-ring (bicyclic) bond motifs is 4. The maximum atomic E-state index is 9.66. The summed E-state index contributed by atoms with van der Waals surface area (Å²) in [6.45, 7) is 12.4. The van der Waals surface area contributed by atoms with Gasteiger partial charge in [-0.2, -0.15) is 5.26 Å². The van der Waals surface area contributed by atoms with E-state index in [1.165, 1.54) is 10.4 Å².